The van der Waals surface area contributed by atoms with Crippen LogP contribution in [0.3, 0.4) is 0 Å². The third-order valence-electron chi connectivity index (χ3n) is 14.8. The summed E-state index contributed by atoms with van der Waals surface area (Å²) < 4.78 is 11.9. The highest BCUT2D eigenvalue weighted by atomic mass is 16.5. The van der Waals surface area contributed by atoms with E-state index in [-0.39, 0.29) is 53.4 Å². The molecule has 1 N–H and O–H groups in total. The lowest BCUT2D eigenvalue weighted by Gasteiger charge is -2.62. The van der Waals surface area contributed by atoms with Crippen LogP contribution < -0.4 is 5.32 Å². The molecule has 6 aliphatic carbocycles. The summed E-state index contributed by atoms with van der Waals surface area (Å²) in [6.07, 6.45) is 10.4. The number of rotatable bonds is 7. The summed E-state index contributed by atoms with van der Waals surface area (Å²) in [6.45, 7) is 11.6. The molecule has 6 aliphatic rings. The highest BCUT2D eigenvalue weighted by molar-refractivity contribution is 6.01. The van der Waals surface area contributed by atoms with Crippen LogP contribution in [0.25, 0.3) is 0 Å². The quantitative estimate of drug-likeness (QED) is 0.307. The average molecular weight is 644 g/mol. The van der Waals surface area contributed by atoms with Crippen molar-refractivity contribution >= 4 is 17.7 Å². The number of benzene rings is 1. The Morgan fingerprint density at radius 3 is 2.32 bits per heavy atom. The van der Waals surface area contributed by atoms with Crippen LogP contribution in [0, 0.1) is 64.6 Å². The van der Waals surface area contributed by atoms with Crippen LogP contribution in [0.2, 0.25) is 0 Å². The number of Topliss-reactive ketones (excluding diaryl/α,β-unsaturated/α-hetero) is 1. The van der Waals surface area contributed by atoms with E-state index < -0.39 is 0 Å². The maximum absolute atomic E-state index is 13.5. The number of esters is 2. The third-order valence-corrected chi connectivity index (χ3v) is 14.8. The maximum atomic E-state index is 13.5. The predicted molar refractivity (Wildman–Crippen MR) is 182 cm³/mol. The first-order valence-electron chi connectivity index (χ1n) is 18.9. The van der Waals surface area contributed by atoms with E-state index in [0.717, 1.165) is 36.3 Å². The lowest BCUT2D eigenvalue weighted by Crippen LogP contribution is -2.58. The minimum absolute atomic E-state index is 0.0427. The van der Waals surface area contributed by atoms with E-state index in [1.54, 1.807) is 0 Å². The SMILES string of the molecule is CNC12CCC3C(CCC4C3CCC3C(C)C(OC(=O)C5CC(C(=O)OCc6ccccc6)C5C)CCC34C)C1=C(C(C)C)C(=O)C2. The van der Waals surface area contributed by atoms with Crippen molar-refractivity contribution in [2.24, 2.45) is 64.6 Å². The minimum Gasteiger partial charge on any atom is -0.462 e. The van der Waals surface area contributed by atoms with Crippen LogP contribution in [0.15, 0.2) is 41.5 Å². The van der Waals surface area contributed by atoms with Crippen molar-refractivity contribution < 1.29 is 23.9 Å². The van der Waals surface area contributed by atoms with Crippen molar-refractivity contribution in [3.05, 3.63) is 47.0 Å². The molecule has 0 aliphatic heterocycles. The fourth-order valence-electron chi connectivity index (χ4n) is 12.3. The molecule has 5 saturated carbocycles. The van der Waals surface area contributed by atoms with Crippen molar-refractivity contribution in [2.75, 3.05) is 7.05 Å². The van der Waals surface area contributed by atoms with Crippen LogP contribution in [-0.2, 0) is 30.5 Å². The van der Waals surface area contributed by atoms with Crippen LogP contribution >= 0.6 is 0 Å². The number of hydrogen-bond acceptors (Lipinski definition) is 6. The number of likely N-dealkylation sites (N-methyl/N-ethyl adjacent to an activating group) is 1. The molecule has 0 amide bonds. The Labute approximate surface area is 282 Å². The molecule has 0 aromatic heterocycles. The van der Waals surface area contributed by atoms with Gasteiger partial charge in [0.05, 0.1) is 11.8 Å². The van der Waals surface area contributed by atoms with E-state index in [9.17, 15) is 14.4 Å². The Morgan fingerprint density at radius 1 is 0.894 bits per heavy atom. The van der Waals surface area contributed by atoms with Crippen molar-refractivity contribution in [3.8, 4) is 0 Å². The topological polar surface area (TPSA) is 81.7 Å². The molecule has 256 valence electrons. The molecular weight excluding hydrogens is 586 g/mol. The van der Waals surface area contributed by atoms with Gasteiger partial charge >= 0.3 is 11.9 Å². The summed E-state index contributed by atoms with van der Waals surface area (Å²) in [7, 11) is 2.08. The summed E-state index contributed by atoms with van der Waals surface area (Å²) in [5.41, 5.74) is 3.79. The first kappa shape index (κ1) is 33.0. The smallest absolute Gasteiger partial charge is 0.309 e. The summed E-state index contributed by atoms with van der Waals surface area (Å²) in [5.74, 6) is 3.40. The molecule has 0 saturated heterocycles. The van der Waals surface area contributed by atoms with E-state index in [1.165, 1.54) is 37.7 Å². The second-order valence-electron chi connectivity index (χ2n) is 17.0. The first-order chi connectivity index (χ1) is 22.5. The van der Waals surface area contributed by atoms with Crippen LogP contribution in [-0.4, -0.2) is 36.4 Å². The van der Waals surface area contributed by atoms with E-state index in [0.29, 0.717) is 54.1 Å². The number of fused-ring (bicyclic) bond motifs is 7. The molecule has 12 atom stereocenters. The Morgan fingerprint density at radius 2 is 1.62 bits per heavy atom. The fourth-order valence-corrected chi connectivity index (χ4v) is 12.3. The van der Waals surface area contributed by atoms with Gasteiger partial charge in [0.15, 0.2) is 5.78 Å². The van der Waals surface area contributed by atoms with Gasteiger partial charge in [-0.05, 0) is 134 Å². The molecule has 0 radical (unpaired) electrons. The molecule has 6 nitrogen and oxygen atoms in total. The molecule has 0 bridgehead atoms. The predicted octanol–water partition coefficient (Wildman–Crippen LogP) is 7.70. The Balaban J connectivity index is 0.980. The fraction of sp³-hybridized carbons (Fsp3) is 0.732. The zero-order chi connectivity index (χ0) is 33.2. The summed E-state index contributed by atoms with van der Waals surface area (Å²) in [6, 6.07) is 9.73. The molecule has 1 aromatic carbocycles. The molecule has 1 aromatic rings. The molecule has 7 rings (SSSR count). The van der Waals surface area contributed by atoms with Gasteiger partial charge in [-0.25, -0.2) is 0 Å². The standard InChI is InChI=1S/C41H57NO5/c1-23(2)36-34(43)21-41(42-6)19-16-27-28-12-14-32-25(4)35(17-18-40(32,5)33(28)15-13-29(27)37(36)41)47-39(45)31-20-30(24(31)3)38(44)46-22-26-10-8-7-9-11-26/h7-11,23-25,27-33,35,42H,12-22H2,1-6H3. The number of carbonyl (C=O) groups excluding carboxylic acids is 3. The second-order valence-corrected chi connectivity index (χ2v) is 17.0. The van der Waals surface area contributed by atoms with Gasteiger partial charge in [0.25, 0.3) is 0 Å². The van der Waals surface area contributed by atoms with Crippen molar-refractivity contribution in [1.82, 2.24) is 5.32 Å². The van der Waals surface area contributed by atoms with Gasteiger partial charge < -0.3 is 14.8 Å². The van der Waals surface area contributed by atoms with E-state index in [4.69, 9.17) is 9.47 Å². The molecule has 6 heteroatoms. The van der Waals surface area contributed by atoms with Gasteiger partial charge in [0.2, 0.25) is 0 Å². The van der Waals surface area contributed by atoms with Gasteiger partial charge in [0, 0.05) is 12.0 Å². The van der Waals surface area contributed by atoms with Gasteiger partial charge in [-0.1, -0.05) is 65.0 Å². The van der Waals surface area contributed by atoms with Gasteiger partial charge in [-0.3, -0.25) is 14.4 Å². The van der Waals surface area contributed by atoms with Gasteiger partial charge in [0.1, 0.15) is 12.7 Å². The zero-order valence-corrected chi connectivity index (χ0v) is 29.6. The van der Waals surface area contributed by atoms with Crippen LogP contribution in [0.5, 0.6) is 0 Å². The average Bonchev–Trinajstić information content (AvgIpc) is 3.37. The molecule has 0 spiro atoms. The zero-order valence-electron chi connectivity index (χ0n) is 29.6. The van der Waals surface area contributed by atoms with Gasteiger partial charge in [-0.15, -0.1) is 0 Å². The first-order valence-corrected chi connectivity index (χ1v) is 18.9. The summed E-state index contributed by atoms with van der Waals surface area (Å²) >= 11 is 0. The Hall–Kier alpha value is -2.47. The van der Waals surface area contributed by atoms with Gasteiger partial charge in [-0.2, -0.15) is 0 Å². The highest BCUT2D eigenvalue weighted by Crippen LogP contribution is 2.66. The van der Waals surface area contributed by atoms with E-state index in [1.807, 2.05) is 37.3 Å². The molecule has 0 heterocycles. The minimum atomic E-state index is -0.235. The van der Waals surface area contributed by atoms with Crippen molar-refractivity contribution in [2.45, 2.75) is 117 Å². The number of allylic oxidation sites excluding steroid dienone is 1. The van der Waals surface area contributed by atoms with Crippen molar-refractivity contribution in [3.63, 3.8) is 0 Å². The van der Waals surface area contributed by atoms with Crippen molar-refractivity contribution in [1.29, 1.82) is 0 Å². The Kier molecular flexibility index (Phi) is 8.75. The molecule has 5 fully saturated rings. The monoisotopic (exact) mass is 643 g/mol. The number of ketones is 1. The number of ether oxygens (including phenoxy) is 2. The molecular formula is C41H57NO5. The summed E-state index contributed by atoms with van der Waals surface area (Å²) in [4.78, 5) is 39.6. The summed E-state index contributed by atoms with van der Waals surface area (Å²) in [5, 5.41) is 3.67. The lowest BCUT2D eigenvalue weighted by molar-refractivity contribution is -0.185. The largest absolute Gasteiger partial charge is 0.462 e. The van der Waals surface area contributed by atoms with E-state index in [2.05, 4.69) is 40.1 Å². The molecule has 12 unspecified atom stereocenters. The number of nitrogens with one attached hydrogen (secondary N) is 1. The second kappa shape index (κ2) is 12.4. The molecule has 47 heavy (non-hydrogen) atoms. The van der Waals surface area contributed by atoms with Crippen LogP contribution in [0.1, 0.15) is 104 Å². The van der Waals surface area contributed by atoms with Crippen LogP contribution in [0.4, 0.5) is 0 Å². The highest BCUT2D eigenvalue weighted by Gasteiger charge is 2.61. The number of hydrogen-bond donors (Lipinski definition) is 1. The van der Waals surface area contributed by atoms with E-state index >= 15 is 0 Å². The lowest BCUT2D eigenvalue weighted by atomic mass is 9.43. The maximum Gasteiger partial charge on any atom is 0.309 e. The normalized spacial score (nSPS) is 42.5. The Bertz CT molecular complexity index is 1420. The third kappa shape index (κ3) is 5.34. The number of carbonyl (C=O) groups is 3.